The molecule has 0 aliphatic carbocycles. The van der Waals surface area contributed by atoms with Crippen molar-refractivity contribution in [2.24, 2.45) is 0 Å². The van der Waals surface area contributed by atoms with Crippen LogP contribution in [-0.2, 0) is 25.2 Å². The monoisotopic (exact) mass is 467 g/mol. The minimum atomic E-state index is -1.28. The Morgan fingerprint density at radius 2 is 1.58 bits per heavy atom. The molecular weight excluding hydrogens is 446 g/mol. The van der Waals surface area contributed by atoms with Crippen LogP contribution in [0.3, 0.4) is 0 Å². The second-order valence-corrected chi connectivity index (χ2v) is 9.96. The molecule has 7 heteroatoms. The fraction of sp³-hybridized carbons (Fsp3) is 0.167. The van der Waals surface area contributed by atoms with E-state index in [0.717, 1.165) is 27.8 Å². The zero-order valence-electron chi connectivity index (χ0n) is 16.6. The van der Waals surface area contributed by atoms with E-state index in [1.165, 1.54) is 28.2 Å². The molecular formula is C24H21NO3S3. The minimum absolute atomic E-state index is 0.542. The van der Waals surface area contributed by atoms with Crippen molar-refractivity contribution in [3.05, 3.63) is 115 Å². The average molecular weight is 468 g/mol. The van der Waals surface area contributed by atoms with Gasteiger partial charge in [0.15, 0.2) is 5.60 Å². The lowest BCUT2D eigenvalue weighted by atomic mass is 9.97. The number of thiophene rings is 3. The van der Waals surface area contributed by atoms with E-state index in [-0.39, 0.29) is 0 Å². The van der Waals surface area contributed by atoms with Crippen LogP contribution in [-0.4, -0.2) is 10.0 Å². The summed E-state index contributed by atoms with van der Waals surface area (Å²) >= 11 is 4.75. The highest BCUT2D eigenvalue weighted by Gasteiger charge is 2.39. The van der Waals surface area contributed by atoms with Crippen molar-refractivity contribution >= 4 is 34.0 Å². The van der Waals surface area contributed by atoms with Crippen LogP contribution in [0.2, 0.25) is 0 Å². The molecule has 0 unspecified atom stereocenters. The molecule has 0 bridgehead atoms. The lowest BCUT2D eigenvalue weighted by molar-refractivity contribution is 0.102. The van der Waals surface area contributed by atoms with Gasteiger partial charge in [0.2, 0.25) is 0 Å². The van der Waals surface area contributed by atoms with Crippen molar-refractivity contribution in [1.82, 2.24) is 4.90 Å². The van der Waals surface area contributed by atoms with Gasteiger partial charge in [0.25, 0.3) is 0 Å². The molecule has 5 aromatic heterocycles. The topological polar surface area (TPSA) is 49.8 Å². The largest absolute Gasteiger partial charge is 0.468 e. The van der Waals surface area contributed by atoms with Crippen LogP contribution in [0, 0.1) is 0 Å². The molecule has 0 spiro atoms. The van der Waals surface area contributed by atoms with Crippen LogP contribution in [0.25, 0.3) is 0 Å². The van der Waals surface area contributed by atoms with Crippen molar-refractivity contribution in [3.8, 4) is 0 Å². The number of hydrogen-bond acceptors (Lipinski definition) is 7. The maximum absolute atomic E-state index is 11.8. The van der Waals surface area contributed by atoms with Crippen molar-refractivity contribution in [2.45, 2.75) is 25.2 Å². The highest BCUT2D eigenvalue weighted by molar-refractivity contribution is 7.11. The lowest BCUT2D eigenvalue weighted by Crippen LogP contribution is -2.26. The SMILES string of the molecule is OC(c1ccc(CN(Cc2ccsc2)Cc2ccco2)o1)(c1cccs1)c1cccs1. The Kier molecular flexibility index (Phi) is 5.93. The molecule has 0 aliphatic heterocycles. The van der Waals surface area contributed by atoms with Gasteiger partial charge in [-0.25, -0.2) is 0 Å². The van der Waals surface area contributed by atoms with E-state index in [1.54, 1.807) is 17.6 Å². The zero-order chi connectivity index (χ0) is 21.1. The number of furan rings is 2. The number of aliphatic hydroxyl groups is 1. The van der Waals surface area contributed by atoms with Crippen molar-refractivity contribution in [3.63, 3.8) is 0 Å². The molecule has 0 aliphatic rings. The molecule has 4 nitrogen and oxygen atoms in total. The summed E-state index contributed by atoms with van der Waals surface area (Å²) in [6.07, 6.45) is 1.70. The van der Waals surface area contributed by atoms with Gasteiger partial charge in [0, 0.05) is 16.3 Å². The molecule has 0 radical (unpaired) electrons. The average Bonchev–Trinajstić information content (AvgIpc) is 3.60. The molecule has 0 atom stereocenters. The third kappa shape index (κ3) is 4.33. The summed E-state index contributed by atoms with van der Waals surface area (Å²) in [5.74, 6) is 2.26. The molecule has 31 heavy (non-hydrogen) atoms. The van der Waals surface area contributed by atoms with Crippen LogP contribution in [0.5, 0.6) is 0 Å². The summed E-state index contributed by atoms with van der Waals surface area (Å²) in [6.45, 7) is 2.08. The fourth-order valence-electron chi connectivity index (χ4n) is 3.64. The predicted molar refractivity (Wildman–Crippen MR) is 125 cm³/mol. The van der Waals surface area contributed by atoms with E-state index in [2.05, 4.69) is 21.7 Å². The third-order valence-electron chi connectivity index (χ3n) is 5.10. The molecule has 0 amide bonds. The summed E-state index contributed by atoms with van der Waals surface area (Å²) in [7, 11) is 0. The van der Waals surface area contributed by atoms with Gasteiger partial charge in [0.1, 0.15) is 17.3 Å². The Balaban J connectivity index is 1.42. The smallest absolute Gasteiger partial charge is 0.191 e. The van der Waals surface area contributed by atoms with Gasteiger partial charge >= 0.3 is 0 Å². The summed E-state index contributed by atoms with van der Waals surface area (Å²) in [4.78, 5) is 3.97. The molecule has 0 fully saturated rings. The van der Waals surface area contributed by atoms with Crippen LogP contribution in [0.4, 0.5) is 0 Å². The van der Waals surface area contributed by atoms with E-state index in [9.17, 15) is 5.11 Å². The first-order valence-corrected chi connectivity index (χ1v) is 12.6. The molecule has 5 heterocycles. The van der Waals surface area contributed by atoms with E-state index < -0.39 is 5.60 Å². The lowest BCUT2D eigenvalue weighted by Gasteiger charge is -2.24. The van der Waals surface area contributed by atoms with Crippen LogP contribution < -0.4 is 0 Å². The Hall–Kier alpha value is -2.42. The van der Waals surface area contributed by atoms with E-state index in [1.807, 2.05) is 59.3 Å². The van der Waals surface area contributed by atoms with Crippen LogP contribution in [0.15, 0.2) is 91.2 Å². The van der Waals surface area contributed by atoms with Gasteiger partial charge in [-0.2, -0.15) is 11.3 Å². The predicted octanol–water partition coefficient (Wildman–Crippen LogP) is 6.54. The molecule has 0 saturated carbocycles. The highest BCUT2D eigenvalue weighted by atomic mass is 32.1. The van der Waals surface area contributed by atoms with Gasteiger partial charge in [-0.1, -0.05) is 12.1 Å². The van der Waals surface area contributed by atoms with Crippen LogP contribution >= 0.6 is 34.0 Å². The molecule has 0 aromatic carbocycles. The van der Waals surface area contributed by atoms with Gasteiger partial charge < -0.3 is 13.9 Å². The van der Waals surface area contributed by atoms with Crippen molar-refractivity contribution < 1.29 is 13.9 Å². The summed E-state index contributed by atoms with van der Waals surface area (Å²) in [5.41, 5.74) is -0.0169. The first-order chi connectivity index (χ1) is 15.2. The summed E-state index contributed by atoms with van der Waals surface area (Å²) in [6, 6.07) is 17.7. The maximum Gasteiger partial charge on any atom is 0.191 e. The summed E-state index contributed by atoms with van der Waals surface area (Å²) in [5, 5.41) is 20.0. The minimum Gasteiger partial charge on any atom is -0.468 e. The number of rotatable bonds is 9. The Morgan fingerprint density at radius 3 is 2.19 bits per heavy atom. The third-order valence-corrected chi connectivity index (χ3v) is 7.79. The van der Waals surface area contributed by atoms with Crippen molar-refractivity contribution in [2.75, 3.05) is 0 Å². The Bertz CT molecular complexity index is 1100. The second-order valence-electron chi connectivity index (χ2n) is 7.29. The standard InChI is InChI=1S/C24H21NO3S3/c26-24(22-5-2-11-30-22,23-6-3-12-31-23)21-8-7-20(28-21)16-25(14-18-9-13-29-17-18)15-19-4-1-10-27-19/h1-13,17,26H,14-16H2. The van der Waals surface area contributed by atoms with Gasteiger partial charge in [-0.3, -0.25) is 4.90 Å². The van der Waals surface area contributed by atoms with Gasteiger partial charge in [0.05, 0.1) is 19.4 Å². The van der Waals surface area contributed by atoms with Crippen LogP contribution in [0.1, 0.15) is 32.6 Å². The normalized spacial score (nSPS) is 12.1. The van der Waals surface area contributed by atoms with Crippen molar-refractivity contribution in [1.29, 1.82) is 0 Å². The molecule has 5 aromatic rings. The van der Waals surface area contributed by atoms with Gasteiger partial charge in [-0.15, -0.1) is 22.7 Å². The van der Waals surface area contributed by atoms with Gasteiger partial charge in [-0.05, 0) is 69.5 Å². The number of nitrogens with zero attached hydrogens (tertiary/aromatic N) is 1. The Morgan fingerprint density at radius 1 is 0.806 bits per heavy atom. The molecule has 5 rings (SSSR count). The molecule has 158 valence electrons. The summed E-state index contributed by atoms with van der Waals surface area (Å²) < 4.78 is 11.8. The molecule has 0 saturated heterocycles. The van der Waals surface area contributed by atoms with E-state index >= 15 is 0 Å². The first kappa shape index (κ1) is 20.5. The van der Waals surface area contributed by atoms with E-state index in [4.69, 9.17) is 8.83 Å². The highest BCUT2D eigenvalue weighted by Crippen LogP contribution is 2.41. The zero-order valence-corrected chi connectivity index (χ0v) is 19.1. The second kappa shape index (κ2) is 8.98. The molecule has 1 N–H and O–H groups in total. The first-order valence-electron chi connectivity index (χ1n) is 9.87. The maximum atomic E-state index is 11.8. The number of hydrogen-bond donors (Lipinski definition) is 1. The van der Waals surface area contributed by atoms with E-state index in [0.29, 0.717) is 18.8 Å². The quantitative estimate of drug-likeness (QED) is 0.267. The Labute approximate surface area is 192 Å². The fourth-order valence-corrected chi connectivity index (χ4v) is 6.05.